The lowest BCUT2D eigenvalue weighted by molar-refractivity contribution is 0.102. The van der Waals surface area contributed by atoms with E-state index in [-0.39, 0.29) is 11.3 Å². The monoisotopic (exact) mass is 453 g/mol. The predicted molar refractivity (Wildman–Crippen MR) is 136 cm³/mol. The largest absolute Gasteiger partial charge is 0.489 e. The maximum absolute atomic E-state index is 12.8. The van der Waals surface area contributed by atoms with E-state index in [2.05, 4.69) is 74.5 Å². The molecule has 0 aliphatic heterocycles. The first-order valence-electron chi connectivity index (χ1n) is 11.5. The molecule has 0 saturated carbocycles. The first kappa shape index (κ1) is 23.3. The van der Waals surface area contributed by atoms with Gasteiger partial charge < -0.3 is 10.1 Å². The average Bonchev–Trinajstić information content (AvgIpc) is 3.25. The number of carbonyl (C=O) groups is 1. The summed E-state index contributed by atoms with van der Waals surface area (Å²) in [5.41, 5.74) is 5.25. The second-order valence-electron chi connectivity index (χ2n) is 9.60. The minimum atomic E-state index is -0.197. The molecule has 0 bridgehead atoms. The van der Waals surface area contributed by atoms with Crippen LogP contribution in [0.1, 0.15) is 53.4 Å². The van der Waals surface area contributed by atoms with Crippen LogP contribution in [0.3, 0.4) is 0 Å². The van der Waals surface area contributed by atoms with Crippen molar-refractivity contribution in [2.24, 2.45) is 0 Å². The Balaban J connectivity index is 1.34. The van der Waals surface area contributed by atoms with E-state index < -0.39 is 0 Å². The maximum Gasteiger partial charge on any atom is 0.256 e. The number of aromatic nitrogens is 2. The number of carbonyl (C=O) groups excluding carboxylic acids is 1. The molecule has 5 nitrogen and oxygen atoms in total. The summed E-state index contributed by atoms with van der Waals surface area (Å²) in [6.45, 7) is 9.67. The zero-order valence-electron chi connectivity index (χ0n) is 20.2. The molecule has 1 amide bonds. The first-order valence-corrected chi connectivity index (χ1v) is 11.5. The van der Waals surface area contributed by atoms with Crippen LogP contribution in [0.5, 0.6) is 5.75 Å². The van der Waals surface area contributed by atoms with E-state index in [4.69, 9.17) is 4.74 Å². The van der Waals surface area contributed by atoms with Crippen LogP contribution in [0, 0.1) is 6.92 Å². The summed E-state index contributed by atoms with van der Waals surface area (Å²) in [4.78, 5) is 12.8. The van der Waals surface area contributed by atoms with Gasteiger partial charge in [-0.05, 0) is 53.3 Å². The number of hydrogen-bond donors (Lipinski definition) is 1. The maximum atomic E-state index is 12.8. The molecule has 4 rings (SSSR count). The Labute approximate surface area is 201 Å². The van der Waals surface area contributed by atoms with Gasteiger partial charge in [0, 0.05) is 17.8 Å². The van der Waals surface area contributed by atoms with Gasteiger partial charge in [0.2, 0.25) is 0 Å². The molecule has 1 N–H and O–H groups in total. The van der Waals surface area contributed by atoms with Crippen LogP contribution in [-0.4, -0.2) is 15.7 Å². The van der Waals surface area contributed by atoms with Gasteiger partial charge in [-0.2, -0.15) is 5.10 Å². The Hall–Kier alpha value is -3.86. The topological polar surface area (TPSA) is 56.2 Å². The molecule has 0 radical (unpaired) electrons. The van der Waals surface area contributed by atoms with E-state index in [0.29, 0.717) is 24.5 Å². The molecule has 0 atom stereocenters. The fourth-order valence-electron chi connectivity index (χ4n) is 3.61. The van der Waals surface area contributed by atoms with Crippen LogP contribution >= 0.6 is 0 Å². The first-order chi connectivity index (χ1) is 16.3. The Morgan fingerprint density at radius 1 is 0.941 bits per heavy atom. The van der Waals surface area contributed by atoms with Crippen molar-refractivity contribution < 1.29 is 9.53 Å². The molecule has 5 heteroatoms. The molecule has 1 heterocycles. The summed E-state index contributed by atoms with van der Waals surface area (Å²) in [5, 5.41) is 7.36. The molecule has 0 fully saturated rings. The van der Waals surface area contributed by atoms with E-state index in [1.807, 2.05) is 41.2 Å². The highest BCUT2D eigenvalue weighted by Crippen LogP contribution is 2.24. The molecule has 1 aromatic heterocycles. The third-order valence-corrected chi connectivity index (χ3v) is 5.66. The summed E-state index contributed by atoms with van der Waals surface area (Å²) in [6, 6.07) is 25.8. The number of benzene rings is 3. The third-order valence-electron chi connectivity index (χ3n) is 5.66. The highest BCUT2D eigenvalue weighted by Gasteiger charge is 2.13. The van der Waals surface area contributed by atoms with Crippen molar-refractivity contribution in [3.05, 3.63) is 113 Å². The zero-order valence-corrected chi connectivity index (χ0v) is 20.2. The van der Waals surface area contributed by atoms with Crippen LogP contribution in [0.25, 0.3) is 0 Å². The number of nitrogens with one attached hydrogen (secondary N) is 1. The molecule has 0 saturated heterocycles. The third kappa shape index (κ3) is 6.13. The van der Waals surface area contributed by atoms with E-state index in [1.165, 1.54) is 11.1 Å². The Bertz CT molecular complexity index is 1250. The summed E-state index contributed by atoms with van der Waals surface area (Å²) in [5.74, 6) is 1.14. The van der Waals surface area contributed by atoms with Gasteiger partial charge in [-0.1, -0.05) is 74.9 Å². The summed E-state index contributed by atoms with van der Waals surface area (Å²) in [6.07, 6.45) is 1.87. The van der Waals surface area contributed by atoms with E-state index in [1.54, 1.807) is 12.1 Å². The predicted octanol–water partition coefficient (Wildman–Crippen LogP) is 6.37. The number of amides is 1. The van der Waals surface area contributed by atoms with Crippen molar-refractivity contribution in [2.45, 2.75) is 46.3 Å². The van der Waals surface area contributed by atoms with E-state index in [9.17, 15) is 4.79 Å². The lowest BCUT2D eigenvalue weighted by Gasteiger charge is -2.19. The van der Waals surface area contributed by atoms with Crippen molar-refractivity contribution in [3.8, 4) is 5.75 Å². The number of nitrogens with zero attached hydrogens (tertiary/aromatic N) is 2. The van der Waals surface area contributed by atoms with Gasteiger partial charge in [0.25, 0.3) is 5.91 Å². The van der Waals surface area contributed by atoms with Crippen molar-refractivity contribution in [1.29, 1.82) is 0 Å². The SMILES string of the molecule is Cc1ccc(Cn2ccc(NC(=O)c3cccc(COc4ccc(C(C)(C)C)cc4)c3)n2)cc1. The molecular formula is C29H31N3O2. The van der Waals surface area contributed by atoms with Crippen molar-refractivity contribution >= 4 is 11.7 Å². The molecular weight excluding hydrogens is 422 g/mol. The van der Waals surface area contributed by atoms with Crippen LogP contribution < -0.4 is 10.1 Å². The van der Waals surface area contributed by atoms with Gasteiger partial charge in [-0.3, -0.25) is 9.48 Å². The minimum Gasteiger partial charge on any atom is -0.489 e. The lowest BCUT2D eigenvalue weighted by Crippen LogP contribution is -2.13. The number of hydrogen-bond acceptors (Lipinski definition) is 3. The van der Waals surface area contributed by atoms with Gasteiger partial charge in [0.15, 0.2) is 5.82 Å². The molecule has 4 aromatic rings. The Morgan fingerprint density at radius 2 is 1.68 bits per heavy atom. The van der Waals surface area contributed by atoms with Crippen LogP contribution in [0.2, 0.25) is 0 Å². The summed E-state index contributed by atoms with van der Waals surface area (Å²) >= 11 is 0. The lowest BCUT2D eigenvalue weighted by atomic mass is 9.87. The number of ether oxygens (including phenoxy) is 1. The molecule has 3 aromatic carbocycles. The molecule has 0 aliphatic rings. The molecule has 0 aliphatic carbocycles. The van der Waals surface area contributed by atoms with Gasteiger partial charge in [0.05, 0.1) is 6.54 Å². The smallest absolute Gasteiger partial charge is 0.256 e. The highest BCUT2D eigenvalue weighted by atomic mass is 16.5. The summed E-state index contributed by atoms with van der Waals surface area (Å²) < 4.78 is 7.75. The normalized spacial score (nSPS) is 11.3. The van der Waals surface area contributed by atoms with Gasteiger partial charge >= 0.3 is 0 Å². The van der Waals surface area contributed by atoms with Crippen molar-refractivity contribution in [3.63, 3.8) is 0 Å². The standard InChI is InChI=1S/C29H31N3O2/c1-21-8-10-22(11-9-21)19-32-17-16-27(31-32)30-28(33)24-7-5-6-23(18-24)20-34-26-14-12-25(13-15-26)29(2,3)4/h5-18H,19-20H2,1-4H3,(H,30,31,33). The molecule has 34 heavy (non-hydrogen) atoms. The fraction of sp³-hybridized carbons (Fsp3) is 0.241. The van der Waals surface area contributed by atoms with Gasteiger partial charge in [0.1, 0.15) is 12.4 Å². The van der Waals surface area contributed by atoms with Crippen LogP contribution in [0.15, 0.2) is 85.1 Å². The second-order valence-corrected chi connectivity index (χ2v) is 9.60. The zero-order chi connectivity index (χ0) is 24.1. The molecule has 0 unspecified atom stereocenters. The second kappa shape index (κ2) is 9.96. The van der Waals surface area contributed by atoms with Gasteiger partial charge in [-0.15, -0.1) is 0 Å². The molecule has 0 spiro atoms. The fourth-order valence-corrected chi connectivity index (χ4v) is 3.61. The molecule has 174 valence electrons. The van der Waals surface area contributed by atoms with Crippen molar-refractivity contribution in [1.82, 2.24) is 9.78 Å². The van der Waals surface area contributed by atoms with E-state index in [0.717, 1.165) is 16.9 Å². The van der Waals surface area contributed by atoms with Crippen LogP contribution in [0.4, 0.5) is 5.82 Å². The summed E-state index contributed by atoms with van der Waals surface area (Å²) in [7, 11) is 0. The highest BCUT2D eigenvalue weighted by molar-refractivity contribution is 6.03. The number of aryl methyl sites for hydroxylation is 1. The van der Waals surface area contributed by atoms with Crippen molar-refractivity contribution in [2.75, 3.05) is 5.32 Å². The Morgan fingerprint density at radius 3 is 2.38 bits per heavy atom. The minimum absolute atomic E-state index is 0.108. The van der Waals surface area contributed by atoms with Crippen LogP contribution in [-0.2, 0) is 18.6 Å². The average molecular weight is 454 g/mol. The number of anilines is 1. The van der Waals surface area contributed by atoms with Gasteiger partial charge in [-0.25, -0.2) is 0 Å². The quantitative estimate of drug-likeness (QED) is 0.354. The van der Waals surface area contributed by atoms with E-state index >= 15 is 0 Å². The number of rotatable bonds is 7. The Kier molecular flexibility index (Phi) is 6.82.